The summed E-state index contributed by atoms with van der Waals surface area (Å²) in [6.45, 7) is 7.43. The van der Waals surface area contributed by atoms with Crippen molar-refractivity contribution in [2.45, 2.75) is 32.6 Å². The fraction of sp³-hybridized carbons (Fsp3) is 0.360. The number of benzene rings is 1. The summed E-state index contributed by atoms with van der Waals surface area (Å²) in [5.41, 5.74) is 2.93. The summed E-state index contributed by atoms with van der Waals surface area (Å²) in [7, 11) is 0. The van der Waals surface area contributed by atoms with Crippen LogP contribution in [0.4, 0.5) is 0 Å². The van der Waals surface area contributed by atoms with Crippen LogP contribution in [0.1, 0.15) is 44.1 Å². The first-order chi connectivity index (χ1) is 16.4. The van der Waals surface area contributed by atoms with Crippen LogP contribution in [0.2, 0.25) is 0 Å². The molecule has 1 unspecified atom stereocenters. The molecule has 0 bridgehead atoms. The van der Waals surface area contributed by atoms with Crippen molar-refractivity contribution in [1.29, 1.82) is 0 Å². The minimum Gasteiger partial charge on any atom is -0.507 e. The summed E-state index contributed by atoms with van der Waals surface area (Å²) >= 11 is 0. The van der Waals surface area contributed by atoms with Crippen LogP contribution in [0.15, 0.2) is 47.0 Å². The van der Waals surface area contributed by atoms with Crippen LogP contribution in [-0.2, 0) is 4.79 Å². The van der Waals surface area contributed by atoms with Gasteiger partial charge in [0.2, 0.25) is 0 Å². The Morgan fingerprint density at radius 1 is 1.21 bits per heavy atom. The maximum absolute atomic E-state index is 12.5. The maximum Gasteiger partial charge on any atom is 0.260 e. The van der Waals surface area contributed by atoms with Gasteiger partial charge in [-0.25, -0.2) is 0 Å². The van der Waals surface area contributed by atoms with Gasteiger partial charge in [0, 0.05) is 47.6 Å². The van der Waals surface area contributed by atoms with Gasteiger partial charge in [-0.15, -0.1) is 10.2 Å². The minimum atomic E-state index is -0.0875. The number of phenols is 1. The van der Waals surface area contributed by atoms with Crippen LogP contribution >= 0.6 is 0 Å². The number of rotatable bonds is 7. The first kappa shape index (κ1) is 21.9. The molecule has 1 atom stereocenters. The number of carbonyl (C=O) groups is 1. The molecule has 176 valence electrons. The lowest BCUT2D eigenvalue weighted by Crippen LogP contribution is -2.50. The van der Waals surface area contributed by atoms with Gasteiger partial charge in [0.15, 0.2) is 12.3 Å². The summed E-state index contributed by atoms with van der Waals surface area (Å²) in [5, 5.41) is 23.4. The average molecular weight is 462 g/mol. The molecular weight excluding hydrogens is 434 g/mol. The van der Waals surface area contributed by atoms with Crippen molar-refractivity contribution in [3.8, 4) is 22.9 Å². The van der Waals surface area contributed by atoms with E-state index >= 15 is 0 Å². The van der Waals surface area contributed by atoms with Crippen molar-refractivity contribution in [2.24, 2.45) is 5.92 Å². The molecule has 1 amide bonds. The zero-order valence-electron chi connectivity index (χ0n) is 19.4. The van der Waals surface area contributed by atoms with E-state index in [1.54, 1.807) is 29.2 Å². The lowest BCUT2D eigenvalue weighted by molar-refractivity contribution is -0.138. The Morgan fingerprint density at radius 3 is 2.76 bits per heavy atom. The number of carbonyl (C=O) groups excluding carboxylic acids is 1. The average Bonchev–Trinajstić information content (AvgIpc) is 3.43. The molecule has 0 aliphatic carbocycles. The maximum atomic E-state index is 12.5. The summed E-state index contributed by atoms with van der Waals surface area (Å²) < 4.78 is 10.9. The van der Waals surface area contributed by atoms with E-state index in [1.807, 2.05) is 18.2 Å². The molecule has 34 heavy (non-hydrogen) atoms. The smallest absolute Gasteiger partial charge is 0.260 e. The molecule has 3 aromatic heterocycles. The summed E-state index contributed by atoms with van der Waals surface area (Å²) in [6, 6.07) is 12.7. The second-order valence-corrected chi connectivity index (χ2v) is 9.16. The van der Waals surface area contributed by atoms with Crippen LogP contribution in [0.5, 0.6) is 11.6 Å². The molecular formula is C25H27N5O4. The van der Waals surface area contributed by atoms with Crippen molar-refractivity contribution in [2.75, 3.05) is 19.7 Å². The Balaban J connectivity index is 1.18. The van der Waals surface area contributed by atoms with Gasteiger partial charge >= 0.3 is 0 Å². The Bertz CT molecular complexity index is 1320. The van der Waals surface area contributed by atoms with E-state index in [9.17, 15) is 9.90 Å². The number of hydrogen-bond acceptors (Lipinski definition) is 7. The number of aromatic hydroxyl groups is 1. The van der Waals surface area contributed by atoms with Crippen LogP contribution in [-0.4, -0.2) is 55.9 Å². The van der Waals surface area contributed by atoms with Crippen molar-refractivity contribution in [3.63, 3.8) is 0 Å². The molecule has 0 radical (unpaired) electrons. The number of aromatic nitrogens is 4. The number of likely N-dealkylation sites (tertiary alicyclic amines) is 1. The predicted octanol–water partition coefficient (Wildman–Crippen LogP) is 4.08. The molecule has 1 fully saturated rings. The van der Waals surface area contributed by atoms with Crippen LogP contribution in [0, 0.1) is 5.92 Å². The van der Waals surface area contributed by atoms with E-state index in [2.05, 4.69) is 41.1 Å². The first-order valence-electron chi connectivity index (χ1n) is 11.4. The van der Waals surface area contributed by atoms with Gasteiger partial charge in [-0.2, -0.15) is 0 Å². The highest BCUT2D eigenvalue weighted by Gasteiger charge is 2.33. The first-order valence-corrected chi connectivity index (χ1v) is 11.4. The number of hydrogen-bond donors (Lipinski definition) is 2. The quantitative estimate of drug-likeness (QED) is 0.426. The fourth-order valence-corrected chi connectivity index (χ4v) is 3.98. The van der Waals surface area contributed by atoms with Gasteiger partial charge in [-0.05, 0) is 35.3 Å². The Labute approximate surface area is 196 Å². The van der Waals surface area contributed by atoms with Gasteiger partial charge in [0.25, 0.3) is 11.8 Å². The molecule has 1 aromatic carbocycles. The summed E-state index contributed by atoms with van der Waals surface area (Å²) in [6.07, 6.45) is 0. The molecule has 0 spiro atoms. The minimum absolute atomic E-state index is 0.0726. The highest BCUT2D eigenvalue weighted by atomic mass is 16.5. The summed E-state index contributed by atoms with van der Waals surface area (Å²) in [5.74, 6) is 2.02. The molecule has 2 N–H and O–H groups in total. The van der Waals surface area contributed by atoms with E-state index in [0.717, 1.165) is 16.8 Å². The molecule has 0 saturated carbocycles. The van der Waals surface area contributed by atoms with Crippen molar-refractivity contribution in [1.82, 2.24) is 25.2 Å². The molecule has 1 aliphatic heterocycles. The number of aromatic amines is 1. The number of nitrogens with one attached hydrogen (secondary N) is 1. The monoisotopic (exact) mass is 461 g/mol. The second kappa shape index (κ2) is 8.81. The molecule has 1 aliphatic rings. The second-order valence-electron chi connectivity index (χ2n) is 9.16. The third kappa shape index (κ3) is 4.21. The Kier molecular flexibility index (Phi) is 5.69. The number of para-hydroxylation sites is 1. The highest BCUT2D eigenvalue weighted by Crippen LogP contribution is 2.32. The Morgan fingerprint density at radius 2 is 2.00 bits per heavy atom. The van der Waals surface area contributed by atoms with E-state index in [1.165, 1.54) is 0 Å². The number of H-pyrrole nitrogens is 1. The molecule has 4 heterocycles. The lowest BCUT2D eigenvalue weighted by atomic mass is 9.96. The van der Waals surface area contributed by atoms with Crippen molar-refractivity contribution < 1.29 is 19.2 Å². The van der Waals surface area contributed by atoms with Crippen LogP contribution in [0.3, 0.4) is 0 Å². The van der Waals surface area contributed by atoms with E-state index in [-0.39, 0.29) is 30.1 Å². The molecule has 9 heteroatoms. The predicted molar refractivity (Wildman–Crippen MR) is 126 cm³/mol. The van der Waals surface area contributed by atoms with Gasteiger partial charge in [-0.3, -0.25) is 4.79 Å². The van der Waals surface area contributed by atoms with E-state index < -0.39 is 0 Å². The topological polar surface area (TPSA) is 117 Å². The van der Waals surface area contributed by atoms with E-state index in [4.69, 9.17) is 9.26 Å². The fourth-order valence-electron chi connectivity index (χ4n) is 3.98. The molecule has 9 nitrogen and oxygen atoms in total. The van der Waals surface area contributed by atoms with Crippen molar-refractivity contribution in [3.05, 3.63) is 53.9 Å². The van der Waals surface area contributed by atoms with Crippen LogP contribution in [0.25, 0.3) is 22.3 Å². The van der Waals surface area contributed by atoms with Gasteiger partial charge in [-0.1, -0.05) is 32.9 Å². The number of ether oxygens (including phenoxy) is 1. The normalized spacial score (nSPS) is 15.0. The molecule has 1 saturated heterocycles. The van der Waals surface area contributed by atoms with Crippen molar-refractivity contribution >= 4 is 16.9 Å². The van der Waals surface area contributed by atoms with E-state index in [0.29, 0.717) is 41.8 Å². The number of nitrogens with zero attached hydrogens (tertiary/aromatic N) is 4. The van der Waals surface area contributed by atoms with Gasteiger partial charge in [0.1, 0.15) is 11.5 Å². The van der Waals surface area contributed by atoms with Gasteiger partial charge in [0.05, 0.1) is 5.69 Å². The summed E-state index contributed by atoms with van der Waals surface area (Å²) in [4.78, 5) is 17.6. The largest absolute Gasteiger partial charge is 0.507 e. The molecule has 5 rings (SSSR count). The zero-order valence-corrected chi connectivity index (χ0v) is 19.4. The molecule has 4 aromatic rings. The highest BCUT2D eigenvalue weighted by molar-refractivity contribution is 5.82. The lowest BCUT2D eigenvalue weighted by Gasteiger charge is -2.38. The Hall–Kier alpha value is -3.88. The number of phenolic OH excluding ortho intramolecular Hbond substituents is 1. The third-order valence-corrected chi connectivity index (χ3v) is 6.55. The number of amides is 1. The number of fused-ring (bicyclic) bond motifs is 1. The van der Waals surface area contributed by atoms with Gasteiger partial charge < -0.3 is 24.3 Å². The SMILES string of the molecule is CC(C)C(C)c1cc(OCC(=O)N2CC(c3cc4cc(-c5ccccc5O)nnc4[nH]3)C2)no1. The zero-order chi connectivity index (χ0) is 23.8. The third-order valence-electron chi connectivity index (χ3n) is 6.55. The standard InChI is InChI=1S/C25H27N5O4/c1-14(2)15(3)22-10-23(29-34-22)33-13-24(32)30-11-17(12-30)19-8-16-9-20(27-28-25(16)26-19)18-6-4-5-7-21(18)31/h4-10,14-15,17,31H,11-13H2,1-3H3,(H,26,28). The van der Waals surface area contributed by atoms with Crippen LogP contribution < -0.4 is 4.74 Å².